The quantitative estimate of drug-likeness (QED) is 0.662. The number of hydrogen-bond donors (Lipinski definition) is 1. The summed E-state index contributed by atoms with van der Waals surface area (Å²) in [5.74, 6) is 0. The zero-order valence-corrected chi connectivity index (χ0v) is 6.67. The van der Waals surface area contributed by atoms with Gasteiger partial charge in [-0.2, -0.15) is 0 Å². The van der Waals surface area contributed by atoms with Crippen LogP contribution in [0.4, 0.5) is 0 Å². The van der Waals surface area contributed by atoms with E-state index in [1.807, 2.05) is 4.68 Å². The van der Waals surface area contributed by atoms with Crippen LogP contribution in [0.3, 0.4) is 0 Å². The highest BCUT2D eigenvalue weighted by Crippen LogP contribution is 2.36. The van der Waals surface area contributed by atoms with Crippen LogP contribution in [0.15, 0.2) is 4.79 Å². The Morgan fingerprint density at radius 2 is 2.25 bits per heavy atom. The maximum atomic E-state index is 11.3. The van der Waals surface area contributed by atoms with E-state index in [0.717, 1.165) is 11.3 Å². The Hall–Kier alpha value is -1.03. The summed E-state index contributed by atoms with van der Waals surface area (Å²) in [6.07, 6.45) is 2.38. The Morgan fingerprint density at radius 3 is 3.00 bits per heavy atom. The average Bonchev–Trinajstić information content (AvgIpc) is 2.68. The van der Waals surface area contributed by atoms with Crippen LogP contribution in [-0.2, 0) is 18.0 Å². The Bertz CT molecular complexity index is 373. The number of rotatable bonds is 1. The van der Waals surface area contributed by atoms with Crippen LogP contribution >= 0.6 is 0 Å². The minimum absolute atomic E-state index is 0.0365. The van der Waals surface area contributed by atoms with Gasteiger partial charge in [-0.1, -0.05) is 0 Å². The molecular formula is C8H10N2O2. The normalized spacial score (nSPS) is 21.3. The Kier molecular flexibility index (Phi) is 1.09. The molecule has 0 radical (unpaired) electrons. The maximum absolute atomic E-state index is 11.3. The van der Waals surface area contributed by atoms with E-state index in [1.54, 1.807) is 0 Å². The van der Waals surface area contributed by atoms with Crippen LogP contribution in [-0.4, -0.2) is 9.78 Å². The van der Waals surface area contributed by atoms with Gasteiger partial charge in [0.25, 0.3) is 5.56 Å². The first-order valence-electron chi connectivity index (χ1n) is 4.26. The second-order valence-electron chi connectivity index (χ2n) is 3.46. The molecule has 0 unspecified atom stereocenters. The first kappa shape index (κ1) is 6.48. The summed E-state index contributed by atoms with van der Waals surface area (Å²) in [7, 11) is 0. The van der Waals surface area contributed by atoms with Crippen molar-refractivity contribution in [3.63, 3.8) is 0 Å². The van der Waals surface area contributed by atoms with Crippen molar-refractivity contribution in [1.82, 2.24) is 9.78 Å². The zero-order chi connectivity index (χ0) is 8.13. The predicted octanol–water partition coefficient (Wildman–Crippen LogP) is 0.542. The molecule has 4 heteroatoms. The maximum Gasteiger partial charge on any atom is 0.269 e. The van der Waals surface area contributed by atoms with Crippen molar-refractivity contribution in [3.8, 4) is 0 Å². The van der Waals surface area contributed by atoms with Crippen molar-refractivity contribution in [2.24, 2.45) is 0 Å². The molecule has 0 bridgehead atoms. The standard InChI is InChI=1S/C8H10N2O2/c11-8-6-3-12-4-7(6)10(9-8)5-1-2-5/h5H,1-4H2,(H,9,11). The average molecular weight is 166 g/mol. The van der Waals surface area contributed by atoms with E-state index in [0.29, 0.717) is 19.3 Å². The van der Waals surface area contributed by atoms with Crippen molar-refractivity contribution in [1.29, 1.82) is 0 Å². The molecule has 1 N–H and O–H groups in total. The van der Waals surface area contributed by atoms with Gasteiger partial charge in [-0.25, -0.2) is 0 Å². The third-order valence-corrected chi connectivity index (χ3v) is 2.53. The molecule has 0 atom stereocenters. The third kappa shape index (κ3) is 0.728. The van der Waals surface area contributed by atoms with Crippen molar-refractivity contribution in [2.45, 2.75) is 32.1 Å². The fraction of sp³-hybridized carbons (Fsp3) is 0.625. The fourth-order valence-corrected chi connectivity index (χ4v) is 1.72. The van der Waals surface area contributed by atoms with Crippen molar-refractivity contribution in [3.05, 3.63) is 21.6 Å². The summed E-state index contributed by atoms with van der Waals surface area (Å²) in [6, 6.07) is 0.545. The molecule has 1 aliphatic heterocycles. The molecule has 1 saturated carbocycles. The summed E-state index contributed by atoms with van der Waals surface area (Å²) >= 11 is 0. The number of ether oxygens (including phenoxy) is 1. The Labute approximate surface area is 69.1 Å². The molecule has 1 aromatic heterocycles. The molecule has 0 aromatic carbocycles. The van der Waals surface area contributed by atoms with E-state index in [2.05, 4.69) is 5.10 Å². The molecule has 1 aliphatic carbocycles. The lowest BCUT2D eigenvalue weighted by molar-refractivity contribution is 0.128. The number of aromatic amines is 1. The molecule has 0 amide bonds. The summed E-state index contributed by atoms with van der Waals surface area (Å²) in [5.41, 5.74) is 1.94. The Balaban J connectivity index is 2.20. The van der Waals surface area contributed by atoms with Crippen molar-refractivity contribution in [2.75, 3.05) is 0 Å². The number of nitrogens with zero attached hydrogens (tertiary/aromatic N) is 1. The number of aromatic nitrogens is 2. The van der Waals surface area contributed by atoms with Gasteiger partial charge in [0.1, 0.15) is 0 Å². The highest BCUT2D eigenvalue weighted by Gasteiger charge is 2.30. The van der Waals surface area contributed by atoms with E-state index >= 15 is 0 Å². The molecule has 0 spiro atoms. The molecular weight excluding hydrogens is 156 g/mol. The van der Waals surface area contributed by atoms with Gasteiger partial charge in [-0.15, -0.1) is 0 Å². The van der Waals surface area contributed by atoms with Crippen LogP contribution in [0.25, 0.3) is 0 Å². The number of fused-ring (bicyclic) bond motifs is 1. The second-order valence-corrected chi connectivity index (χ2v) is 3.46. The molecule has 1 aromatic rings. The fourth-order valence-electron chi connectivity index (χ4n) is 1.72. The molecule has 64 valence electrons. The number of H-pyrrole nitrogens is 1. The van der Waals surface area contributed by atoms with Gasteiger partial charge in [0.15, 0.2) is 0 Å². The van der Waals surface area contributed by atoms with Crippen LogP contribution in [0.2, 0.25) is 0 Å². The molecule has 3 rings (SSSR count). The van der Waals surface area contributed by atoms with Crippen LogP contribution in [0.1, 0.15) is 30.1 Å². The van der Waals surface area contributed by atoms with Gasteiger partial charge >= 0.3 is 0 Å². The van der Waals surface area contributed by atoms with Gasteiger partial charge in [-0.05, 0) is 12.8 Å². The smallest absolute Gasteiger partial charge is 0.269 e. The lowest BCUT2D eigenvalue weighted by atomic mass is 10.3. The van der Waals surface area contributed by atoms with Crippen LogP contribution < -0.4 is 5.56 Å². The largest absolute Gasteiger partial charge is 0.370 e. The Morgan fingerprint density at radius 1 is 1.42 bits per heavy atom. The topological polar surface area (TPSA) is 47.0 Å². The van der Waals surface area contributed by atoms with Gasteiger partial charge in [0.2, 0.25) is 0 Å². The molecule has 1 fully saturated rings. The highest BCUT2D eigenvalue weighted by atomic mass is 16.5. The predicted molar refractivity (Wildman–Crippen MR) is 41.8 cm³/mol. The lowest BCUT2D eigenvalue weighted by Gasteiger charge is -2.01. The van der Waals surface area contributed by atoms with E-state index in [4.69, 9.17) is 4.74 Å². The highest BCUT2D eigenvalue weighted by molar-refractivity contribution is 5.20. The molecule has 0 saturated heterocycles. The van der Waals surface area contributed by atoms with E-state index in [1.165, 1.54) is 12.8 Å². The monoisotopic (exact) mass is 166 g/mol. The van der Waals surface area contributed by atoms with Crippen molar-refractivity contribution >= 4 is 0 Å². The van der Waals surface area contributed by atoms with Gasteiger partial charge in [0.05, 0.1) is 30.5 Å². The van der Waals surface area contributed by atoms with Crippen LogP contribution in [0.5, 0.6) is 0 Å². The summed E-state index contributed by atoms with van der Waals surface area (Å²) in [6.45, 7) is 1.09. The summed E-state index contributed by atoms with van der Waals surface area (Å²) < 4.78 is 7.20. The lowest BCUT2D eigenvalue weighted by Crippen LogP contribution is -2.08. The zero-order valence-electron chi connectivity index (χ0n) is 6.67. The van der Waals surface area contributed by atoms with Gasteiger partial charge in [0, 0.05) is 0 Å². The molecule has 2 aliphatic rings. The third-order valence-electron chi connectivity index (χ3n) is 2.53. The van der Waals surface area contributed by atoms with Gasteiger partial charge in [-0.3, -0.25) is 14.6 Å². The SMILES string of the molecule is O=c1[nH]n(C2CC2)c2c1COC2. The number of nitrogens with one attached hydrogen (secondary N) is 1. The first-order valence-corrected chi connectivity index (χ1v) is 4.26. The summed E-state index contributed by atoms with van der Waals surface area (Å²) in [5, 5.41) is 2.86. The molecule has 12 heavy (non-hydrogen) atoms. The van der Waals surface area contributed by atoms with E-state index < -0.39 is 0 Å². The number of hydrogen-bond acceptors (Lipinski definition) is 2. The van der Waals surface area contributed by atoms with Crippen LogP contribution in [0, 0.1) is 0 Å². The first-order chi connectivity index (χ1) is 5.86. The minimum Gasteiger partial charge on any atom is -0.370 e. The molecule has 4 nitrogen and oxygen atoms in total. The minimum atomic E-state index is 0.0365. The van der Waals surface area contributed by atoms with E-state index in [-0.39, 0.29) is 5.56 Å². The van der Waals surface area contributed by atoms with Crippen molar-refractivity contribution < 1.29 is 4.74 Å². The second kappa shape index (κ2) is 2.01. The van der Waals surface area contributed by atoms with E-state index in [9.17, 15) is 4.79 Å². The molecule has 2 heterocycles. The summed E-state index contributed by atoms with van der Waals surface area (Å²) in [4.78, 5) is 11.3. The van der Waals surface area contributed by atoms with Gasteiger partial charge < -0.3 is 4.74 Å².